The summed E-state index contributed by atoms with van der Waals surface area (Å²) in [6, 6.07) is 13.8. The molecule has 4 rings (SSSR count). The van der Waals surface area contributed by atoms with Crippen molar-refractivity contribution in [3.8, 4) is 0 Å². The van der Waals surface area contributed by atoms with E-state index in [9.17, 15) is 14.0 Å². The van der Waals surface area contributed by atoms with Gasteiger partial charge in [0.15, 0.2) is 12.4 Å². The van der Waals surface area contributed by atoms with Crippen LogP contribution in [0.5, 0.6) is 0 Å². The lowest BCUT2D eigenvalue weighted by Gasteiger charge is -2.23. The Morgan fingerprint density at radius 1 is 1.06 bits per heavy atom. The van der Waals surface area contributed by atoms with Gasteiger partial charge in [0.1, 0.15) is 5.82 Å². The van der Waals surface area contributed by atoms with Crippen LogP contribution in [0.25, 0.3) is 22.6 Å². The second kappa shape index (κ2) is 8.65. The normalized spacial score (nSPS) is 14.9. The van der Waals surface area contributed by atoms with Crippen molar-refractivity contribution in [3.63, 3.8) is 0 Å². The summed E-state index contributed by atoms with van der Waals surface area (Å²) in [6.45, 7) is 5.16. The van der Waals surface area contributed by atoms with Crippen molar-refractivity contribution in [2.45, 2.75) is 40.0 Å². The number of hydrogen-bond acceptors (Lipinski definition) is 4. The summed E-state index contributed by atoms with van der Waals surface area (Å²) in [6.07, 6.45) is 4.37. The molecule has 32 heavy (non-hydrogen) atoms. The summed E-state index contributed by atoms with van der Waals surface area (Å²) in [5.41, 5.74) is 4.10. The largest absolute Gasteiger partial charge is 0.454 e. The van der Waals surface area contributed by atoms with E-state index in [2.05, 4.69) is 0 Å². The number of aromatic nitrogens is 1. The second-order valence-corrected chi connectivity index (χ2v) is 9.16. The Kier molecular flexibility index (Phi) is 5.92. The van der Waals surface area contributed by atoms with Gasteiger partial charge in [-0.3, -0.25) is 4.79 Å². The Morgan fingerprint density at radius 3 is 2.50 bits per heavy atom. The fourth-order valence-corrected chi connectivity index (χ4v) is 3.89. The van der Waals surface area contributed by atoms with Crippen molar-refractivity contribution in [1.29, 1.82) is 0 Å². The number of Topliss-reactive ketones (excluding diaryl/α,β-unsaturated/α-hetero) is 1. The minimum absolute atomic E-state index is 0.130. The Hall–Kier alpha value is -3.34. The van der Waals surface area contributed by atoms with E-state index in [1.165, 1.54) is 12.1 Å². The number of para-hydroxylation sites is 1. The van der Waals surface area contributed by atoms with Crippen LogP contribution in [0, 0.1) is 11.2 Å². The van der Waals surface area contributed by atoms with E-state index in [4.69, 9.17) is 9.72 Å². The van der Waals surface area contributed by atoms with Crippen molar-refractivity contribution in [1.82, 2.24) is 4.98 Å². The number of esters is 1. The van der Waals surface area contributed by atoms with Crippen LogP contribution in [0.3, 0.4) is 0 Å². The van der Waals surface area contributed by atoms with Crippen LogP contribution in [-0.2, 0) is 16.0 Å². The summed E-state index contributed by atoms with van der Waals surface area (Å²) in [4.78, 5) is 30.4. The Labute approximate surface area is 187 Å². The summed E-state index contributed by atoms with van der Waals surface area (Å²) >= 11 is 0. The molecule has 0 N–H and O–H groups in total. The van der Waals surface area contributed by atoms with Crippen LogP contribution in [0.2, 0.25) is 0 Å². The van der Waals surface area contributed by atoms with Gasteiger partial charge in [-0.15, -0.1) is 0 Å². The number of ketones is 1. The molecule has 0 saturated carbocycles. The molecule has 1 heterocycles. The van der Waals surface area contributed by atoms with Crippen molar-refractivity contribution >= 4 is 34.3 Å². The van der Waals surface area contributed by atoms with E-state index < -0.39 is 11.4 Å². The molecule has 0 aliphatic heterocycles. The molecule has 1 aliphatic carbocycles. The average Bonchev–Trinajstić information content (AvgIpc) is 2.77. The van der Waals surface area contributed by atoms with Crippen LogP contribution < -0.4 is 0 Å². The maximum atomic E-state index is 13.3. The van der Waals surface area contributed by atoms with Gasteiger partial charge in [0.25, 0.3) is 0 Å². The van der Waals surface area contributed by atoms with Gasteiger partial charge in [0, 0.05) is 10.8 Å². The number of allylic oxidation sites excluding steroid dienone is 1. The number of carbonyl (C=O) groups is 2. The molecule has 0 saturated heterocycles. The first kappa shape index (κ1) is 21.9. The Bertz CT molecular complexity index is 1220. The number of benzene rings is 2. The standard InChI is InChI=1S/C27H26FNO3/c1-27(2,3)23(30)16-32-26(31)24-20-8-4-5-10-22(20)29-25-18(7-6-9-21(24)25)15-17-11-13-19(28)14-12-17/h4-5,8,10-15H,6-7,9,16H2,1-3H3. The first-order valence-corrected chi connectivity index (χ1v) is 10.8. The van der Waals surface area contributed by atoms with Gasteiger partial charge < -0.3 is 4.74 Å². The van der Waals surface area contributed by atoms with Crippen molar-refractivity contribution < 1.29 is 18.7 Å². The fourth-order valence-electron chi connectivity index (χ4n) is 3.89. The predicted molar refractivity (Wildman–Crippen MR) is 124 cm³/mol. The third-order valence-corrected chi connectivity index (χ3v) is 5.76. The lowest BCUT2D eigenvalue weighted by atomic mass is 9.86. The highest BCUT2D eigenvalue weighted by atomic mass is 19.1. The number of ether oxygens (including phenoxy) is 1. The molecular formula is C27H26FNO3. The van der Waals surface area contributed by atoms with Gasteiger partial charge in [-0.1, -0.05) is 51.1 Å². The van der Waals surface area contributed by atoms with Gasteiger partial charge >= 0.3 is 5.97 Å². The molecule has 0 amide bonds. The van der Waals surface area contributed by atoms with E-state index in [0.717, 1.165) is 40.6 Å². The Morgan fingerprint density at radius 2 is 1.78 bits per heavy atom. The van der Waals surface area contributed by atoms with E-state index in [0.29, 0.717) is 17.5 Å². The minimum Gasteiger partial charge on any atom is -0.454 e. The number of hydrogen-bond donors (Lipinski definition) is 0. The lowest BCUT2D eigenvalue weighted by molar-refractivity contribution is -0.129. The zero-order chi connectivity index (χ0) is 22.9. The summed E-state index contributed by atoms with van der Waals surface area (Å²) in [7, 11) is 0. The van der Waals surface area contributed by atoms with Crippen molar-refractivity contribution in [2.24, 2.45) is 5.41 Å². The second-order valence-electron chi connectivity index (χ2n) is 9.16. The topological polar surface area (TPSA) is 56.3 Å². The monoisotopic (exact) mass is 431 g/mol. The van der Waals surface area contributed by atoms with Crippen LogP contribution in [0.1, 0.15) is 60.8 Å². The Balaban J connectivity index is 1.79. The summed E-state index contributed by atoms with van der Waals surface area (Å²) in [5, 5.41) is 0.725. The quantitative estimate of drug-likeness (QED) is 0.474. The number of halogens is 1. The molecule has 5 heteroatoms. The van der Waals surface area contributed by atoms with Gasteiger partial charge in [0.2, 0.25) is 0 Å². The number of nitrogens with zero attached hydrogens (tertiary/aromatic N) is 1. The van der Waals surface area contributed by atoms with Crippen LogP contribution >= 0.6 is 0 Å². The maximum Gasteiger partial charge on any atom is 0.339 e. The fraction of sp³-hybridized carbons (Fsp3) is 0.296. The maximum absolute atomic E-state index is 13.3. The highest BCUT2D eigenvalue weighted by Crippen LogP contribution is 2.36. The number of carbonyl (C=O) groups excluding carboxylic acids is 2. The summed E-state index contributed by atoms with van der Waals surface area (Å²) < 4.78 is 18.8. The molecule has 1 aliphatic rings. The number of pyridine rings is 1. The molecule has 3 aromatic rings. The molecule has 0 fully saturated rings. The summed E-state index contributed by atoms with van der Waals surface area (Å²) in [5.74, 6) is -0.911. The molecule has 164 valence electrons. The third kappa shape index (κ3) is 4.47. The lowest BCUT2D eigenvalue weighted by Crippen LogP contribution is -2.27. The number of rotatable bonds is 4. The third-order valence-electron chi connectivity index (χ3n) is 5.76. The van der Waals surface area contributed by atoms with E-state index >= 15 is 0 Å². The minimum atomic E-state index is -0.578. The number of fused-ring (bicyclic) bond motifs is 2. The van der Waals surface area contributed by atoms with Gasteiger partial charge in [-0.25, -0.2) is 14.2 Å². The van der Waals surface area contributed by atoms with E-state index in [1.807, 2.05) is 30.3 Å². The SMILES string of the molecule is CC(C)(C)C(=O)COC(=O)c1c2c(nc3ccccc13)C(=Cc1ccc(F)cc1)CCC2. The smallest absolute Gasteiger partial charge is 0.339 e. The van der Waals surface area contributed by atoms with Crippen molar-refractivity contribution in [2.75, 3.05) is 6.61 Å². The highest BCUT2D eigenvalue weighted by Gasteiger charge is 2.28. The predicted octanol–water partition coefficient (Wildman–Crippen LogP) is 6.02. The van der Waals surface area contributed by atoms with E-state index in [1.54, 1.807) is 32.9 Å². The van der Waals surface area contributed by atoms with Crippen LogP contribution in [0.4, 0.5) is 4.39 Å². The van der Waals surface area contributed by atoms with Crippen LogP contribution in [-0.4, -0.2) is 23.3 Å². The molecule has 1 aromatic heterocycles. The van der Waals surface area contributed by atoms with E-state index in [-0.39, 0.29) is 18.2 Å². The molecule has 0 unspecified atom stereocenters. The first-order chi connectivity index (χ1) is 15.2. The molecule has 0 atom stereocenters. The molecule has 0 spiro atoms. The molecule has 4 nitrogen and oxygen atoms in total. The molecule has 0 bridgehead atoms. The highest BCUT2D eigenvalue weighted by molar-refractivity contribution is 6.07. The van der Waals surface area contributed by atoms with Crippen LogP contribution in [0.15, 0.2) is 48.5 Å². The molecular weight excluding hydrogens is 405 g/mol. The van der Waals surface area contributed by atoms with Gasteiger partial charge in [-0.05, 0) is 60.2 Å². The average molecular weight is 432 g/mol. The zero-order valence-corrected chi connectivity index (χ0v) is 18.6. The molecule has 0 radical (unpaired) electrons. The van der Waals surface area contributed by atoms with Gasteiger partial charge in [0.05, 0.1) is 16.8 Å². The first-order valence-electron chi connectivity index (χ1n) is 10.8. The molecule has 2 aromatic carbocycles. The van der Waals surface area contributed by atoms with Crippen molar-refractivity contribution in [3.05, 3.63) is 76.7 Å². The van der Waals surface area contributed by atoms with Gasteiger partial charge in [-0.2, -0.15) is 0 Å². The zero-order valence-electron chi connectivity index (χ0n) is 18.6.